The molecule has 0 spiro atoms. The van der Waals surface area contributed by atoms with Crippen molar-refractivity contribution in [1.29, 1.82) is 0 Å². The molecule has 2 aliphatic rings. The lowest BCUT2D eigenvalue weighted by molar-refractivity contribution is -0.128. The highest BCUT2D eigenvalue weighted by atomic mass is 16.5. The average molecular weight is 339 g/mol. The van der Waals surface area contributed by atoms with Gasteiger partial charge in [0.05, 0.1) is 12.2 Å². The molecule has 1 unspecified atom stereocenters. The smallest absolute Gasteiger partial charge is 0.267 e. The molecular weight excluding hydrogens is 318 g/mol. The zero-order valence-corrected chi connectivity index (χ0v) is 14.0. The second-order valence-corrected chi connectivity index (χ2v) is 6.58. The van der Waals surface area contributed by atoms with E-state index in [1.807, 2.05) is 24.3 Å². The van der Waals surface area contributed by atoms with Crippen molar-refractivity contribution in [1.82, 2.24) is 15.1 Å². The Morgan fingerprint density at radius 1 is 1.24 bits per heavy atom. The Hall–Kier alpha value is -2.63. The summed E-state index contributed by atoms with van der Waals surface area (Å²) in [5.74, 6) is 0.647. The Morgan fingerprint density at radius 3 is 3.04 bits per heavy atom. The first kappa shape index (κ1) is 15.9. The van der Waals surface area contributed by atoms with Gasteiger partial charge in [0, 0.05) is 12.6 Å². The van der Waals surface area contributed by atoms with Gasteiger partial charge in [-0.1, -0.05) is 18.2 Å². The van der Waals surface area contributed by atoms with Crippen LogP contribution in [0.25, 0.3) is 0 Å². The first-order valence-corrected chi connectivity index (χ1v) is 8.83. The minimum atomic E-state index is -0.473. The van der Waals surface area contributed by atoms with E-state index in [1.165, 1.54) is 4.68 Å². The summed E-state index contributed by atoms with van der Waals surface area (Å²) in [6.07, 6.45) is 3.95. The number of aryl methyl sites for hydroxylation is 3. The van der Waals surface area contributed by atoms with Crippen LogP contribution in [-0.4, -0.2) is 28.3 Å². The fourth-order valence-corrected chi connectivity index (χ4v) is 3.51. The van der Waals surface area contributed by atoms with Crippen LogP contribution < -0.4 is 15.6 Å². The molecule has 1 aromatic carbocycles. The molecule has 25 heavy (non-hydrogen) atoms. The van der Waals surface area contributed by atoms with Crippen molar-refractivity contribution in [2.45, 2.75) is 44.8 Å². The zero-order valence-electron chi connectivity index (χ0n) is 14.0. The Kier molecular flexibility index (Phi) is 4.26. The quantitative estimate of drug-likeness (QED) is 0.910. The average Bonchev–Trinajstić information content (AvgIpc) is 3.08. The molecule has 1 amide bonds. The SMILES string of the molecule is O=C(NCCn1nc2c(cc1=O)CCC2)C1CCc2ccccc2O1. The molecular formula is C19H21N3O3. The van der Waals surface area contributed by atoms with E-state index in [-0.39, 0.29) is 11.5 Å². The lowest BCUT2D eigenvalue weighted by Crippen LogP contribution is -2.42. The normalized spacial score (nSPS) is 18.2. The molecule has 0 saturated carbocycles. The summed E-state index contributed by atoms with van der Waals surface area (Å²) in [6.45, 7) is 0.743. The van der Waals surface area contributed by atoms with Crippen molar-refractivity contribution in [2.75, 3.05) is 6.54 Å². The monoisotopic (exact) mass is 339 g/mol. The third-order valence-corrected chi connectivity index (χ3v) is 4.86. The van der Waals surface area contributed by atoms with E-state index < -0.39 is 6.10 Å². The third kappa shape index (κ3) is 3.29. The highest BCUT2D eigenvalue weighted by Crippen LogP contribution is 2.27. The van der Waals surface area contributed by atoms with Gasteiger partial charge in [0.25, 0.3) is 11.5 Å². The topological polar surface area (TPSA) is 73.2 Å². The summed E-state index contributed by atoms with van der Waals surface area (Å²) in [4.78, 5) is 24.4. The molecule has 1 atom stereocenters. The Balaban J connectivity index is 1.33. The molecule has 6 heteroatoms. The number of hydrogen-bond acceptors (Lipinski definition) is 4. The maximum Gasteiger partial charge on any atom is 0.267 e. The van der Waals surface area contributed by atoms with Crippen LogP contribution in [0.5, 0.6) is 5.75 Å². The predicted octanol–water partition coefficient (Wildman–Crippen LogP) is 1.24. The number of carbonyl (C=O) groups excluding carboxylic acids is 1. The van der Waals surface area contributed by atoms with Gasteiger partial charge in [0.15, 0.2) is 6.10 Å². The lowest BCUT2D eigenvalue weighted by atomic mass is 10.0. The summed E-state index contributed by atoms with van der Waals surface area (Å²) in [5.41, 5.74) is 3.12. The number of fused-ring (bicyclic) bond motifs is 2. The molecule has 4 rings (SSSR count). The van der Waals surface area contributed by atoms with E-state index in [2.05, 4.69) is 10.4 Å². The fraction of sp³-hybridized carbons (Fsp3) is 0.421. The van der Waals surface area contributed by atoms with Crippen LogP contribution in [0.2, 0.25) is 0 Å². The molecule has 0 fully saturated rings. The van der Waals surface area contributed by atoms with Gasteiger partial charge in [-0.3, -0.25) is 9.59 Å². The van der Waals surface area contributed by atoms with Crippen LogP contribution in [0, 0.1) is 0 Å². The van der Waals surface area contributed by atoms with Gasteiger partial charge in [-0.05, 0) is 49.3 Å². The summed E-state index contributed by atoms with van der Waals surface area (Å²) in [5, 5.41) is 7.28. The lowest BCUT2D eigenvalue weighted by Gasteiger charge is -2.25. The molecule has 0 saturated heterocycles. The Morgan fingerprint density at radius 2 is 2.12 bits per heavy atom. The number of hydrogen-bond donors (Lipinski definition) is 1. The molecule has 2 aromatic rings. The van der Waals surface area contributed by atoms with Gasteiger partial charge in [-0.2, -0.15) is 5.10 Å². The van der Waals surface area contributed by atoms with Crippen LogP contribution in [0.4, 0.5) is 0 Å². The van der Waals surface area contributed by atoms with Gasteiger partial charge in [0.1, 0.15) is 5.75 Å². The van der Waals surface area contributed by atoms with Crippen LogP contribution in [0.15, 0.2) is 35.1 Å². The van der Waals surface area contributed by atoms with Crippen molar-refractivity contribution < 1.29 is 9.53 Å². The number of aromatic nitrogens is 2. The van der Waals surface area contributed by atoms with E-state index in [4.69, 9.17) is 4.74 Å². The molecule has 0 bridgehead atoms. The van der Waals surface area contributed by atoms with E-state index in [9.17, 15) is 9.59 Å². The van der Waals surface area contributed by atoms with Crippen molar-refractivity contribution in [2.24, 2.45) is 0 Å². The number of para-hydroxylation sites is 1. The van der Waals surface area contributed by atoms with Crippen molar-refractivity contribution >= 4 is 5.91 Å². The maximum absolute atomic E-state index is 12.3. The summed E-state index contributed by atoms with van der Waals surface area (Å²) in [6, 6.07) is 9.48. The summed E-state index contributed by atoms with van der Waals surface area (Å²) < 4.78 is 7.23. The molecule has 1 aliphatic heterocycles. The van der Waals surface area contributed by atoms with Gasteiger partial charge in [0.2, 0.25) is 0 Å². The largest absolute Gasteiger partial charge is 0.480 e. The van der Waals surface area contributed by atoms with Gasteiger partial charge >= 0.3 is 0 Å². The van der Waals surface area contributed by atoms with Gasteiger partial charge in [-0.15, -0.1) is 0 Å². The van der Waals surface area contributed by atoms with Crippen LogP contribution in [0.1, 0.15) is 29.7 Å². The molecule has 6 nitrogen and oxygen atoms in total. The van der Waals surface area contributed by atoms with E-state index in [0.717, 1.165) is 48.3 Å². The van der Waals surface area contributed by atoms with Crippen LogP contribution in [-0.2, 0) is 30.6 Å². The highest BCUT2D eigenvalue weighted by molar-refractivity contribution is 5.81. The van der Waals surface area contributed by atoms with E-state index >= 15 is 0 Å². The first-order chi connectivity index (χ1) is 12.2. The second kappa shape index (κ2) is 6.70. The number of nitrogens with one attached hydrogen (secondary N) is 1. The second-order valence-electron chi connectivity index (χ2n) is 6.58. The Labute approximate surface area is 145 Å². The molecule has 0 radical (unpaired) electrons. The van der Waals surface area contributed by atoms with Gasteiger partial charge in [-0.25, -0.2) is 4.68 Å². The standard InChI is InChI=1S/C19H21N3O3/c23-18-12-14-5-3-6-15(14)21-22(18)11-10-20-19(24)17-9-8-13-4-1-2-7-16(13)25-17/h1-2,4,7,12,17H,3,5-6,8-11H2,(H,20,24). The molecule has 1 N–H and O–H groups in total. The number of amides is 1. The number of nitrogens with zero attached hydrogens (tertiary/aromatic N) is 2. The number of ether oxygens (including phenoxy) is 1. The molecule has 1 aliphatic carbocycles. The van der Waals surface area contributed by atoms with Crippen molar-refractivity contribution in [3.63, 3.8) is 0 Å². The van der Waals surface area contributed by atoms with Gasteiger partial charge < -0.3 is 10.1 Å². The van der Waals surface area contributed by atoms with Crippen LogP contribution in [0.3, 0.4) is 0 Å². The fourth-order valence-electron chi connectivity index (χ4n) is 3.51. The number of carbonyl (C=O) groups is 1. The zero-order chi connectivity index (χ0) is 17.2. The predicted molar refractivity (Wildman–Crippen MR) is 92.7 cm³/mol. The first-order valence-electron chi connectivity index (χ1n) is 8.83. The third-order valence-electron chi connectivity index (χ3n) is 4.86. The molecule has 1 aromatic heterocycles. The minimum Gasteiger partial charge on any atom is -0.480 e. The maximum atomic E-state index is 12.3. The van der Waals surface area contributed by atoms with E-state index in [0.29, 0.717) is 19.5 Å². The molecule has 2 heterocycles. The Bertz CT molecular complexity index is 859. The highest BCUT2D eigenvalue weighted by Gasteiger charge is 2.25. The number of benzene rings is 1. The number of rotatable bonds is 4. The summed E-state index contributed by atoms with van der Waals surface area (Å²) >= 11 is 0. The van der Waals surface area contributed by atoms with Crippen LogP contribution >= 0.6 is 0 Å². The molecule has 130 valence electrons. The summed E-state index contributed by atoms with van der Waals surface area (Å²) in [7, 11) is 0. The van der Waals surface area contributed by atoms with Crippen molar-refractivity contribution in [3.8, 4) is 5.75 Å². The van der Waals surface area contributed by atoms with Crippen molar-refractivity contribution in [3.05, 3.63) is 57.5 Å². The van der Waals surface area contributed by atoms with E-state index in [1.54, 1.807) is 6.07 Å². The minimum absolute atomic E-state index is 0.0993.